The average molecular weight is 420 g/mol. The van der Waals surface area contributed by atoms with Gasteiger partial charge in [0.05, 0.1) is 18.0 Å². The topological polar surface area (TPSA) is 84.6 Å². The molecule has 0 aliphatic heterocycles. The maximum Gasteiger partial charge on any atom is 0.301 e. The SMILES string of the molecule is CCOc1ccccc1N=Nc1c(C)[nH]n(-c2nc(-c3ccccc3)c(C)s2)c1=O. The Labute approximate surface area is 177 Å². The van der Waals surface area contributed by atoms with Crippen molar-refractivity contribution in [3.8, 4) is 22.1 Å². The highest BCUT2D eigenvalue weighted by atomic mass is 32.1. The van der Waals surface area contributed by atoms with Crippen LogP contribution in [0.3, 0.4) is 0 Å². The summed E-state index contributed by atoms with van der Waals surface area (Å²) >= 11 is 1.45. The third-order valence-electron chi connectivity index (χ3n) is 4.49. The Bertz CT molecular complexity index is 1250. The molecule has 2 heterocycles. The van der Waals surface area contributed by atoms with Crippen molar-refractivity contribution in [1.29, 1.82) is 0 Å². The van der Waals surface area contributed by atoms with Crippen molar-refractivity contribution >= 4 is 22.7 Å². The van der Waals surface area contributed by atoms with Gasteiger partial charge in [-0.2, -0.15) is 4.68 Å². The molecule has 8 heteroatoms. The van der Waals surface area contributed by atoms with E-state index in [-0.39, 0.29) is 11.2 Å². The Morgan fingerprint density at radius 3 is 2.57 bits per heavy atom. The monoisotopic (exact) mass is 419 g/mol. The van der Waals surface area contributed by atoms with Gasteiger partial charge in [-0.15, -0.1) is 10.2 Å². The largest absolute Gasteiger partial charge is 0.492 e. The van der Waals surface area contributed by atoms with E-state index in [4.69, 9.17) is 4.74 Å². The van der Waals surface area contributed by atoms with Crippen LogP contribution in [0.1, 0.15) is 17.5 Å². The van der Waals surface area contributed by atoms with Crippen LogP contribution in [0, 0.1) is 13.8 Å². The van der Waals surface area contributed by atoms with Crippen LogP contribution in [0.15, 0.2) is 69.6 Å². The number of ether oxygens (including phenoxy) is 1. The molecule has 0 bridgehead atoms. The summed E-state index contributed by atoms with van der Waals surface area (Å²) in [7, 11) is 0. The summed E-state index contributed by atoms with van der Waals surface area (Å²) in [5.74, 6) is 0.625. The van der Waals surface area contributed by atoms with Crippen LogP contribution in [0.5, 0.6) is 5.75 Å². The van der Waals surface area contributed by atoms with Gasteiger partial charge >= 0.3 is 5.56 Å². The van der Waals surface area contributed by atoms with Gasteiger partial charge in [-0.05, 0) is 32.9 Å². The Hall–Kier alpha value is -3.52. The lowest BCUT2D eigenvalue weighted by molar-refractivity contribution is 0.341. The third kappa shape index (κ3) is 3.81. The highest BCUT2D eigenvalue weighted by Crippen LogP contribution is 2.30. The molecule has 2 aromatic heterocycles. The molecule has 152 valence electrons. The van der Waals surface area contributed by atoms with Gasteiger partial charge in [0.25, 0.3) is 0 Å². The Morgan fingerprint density at radius 2 is 1.80 bits per heavy atom. The third-order valence-corrected chi connectivity index (χ3v) is 5.44. The van der Waals surface area contributed by atoms with Crippen molar-refractivity contribution in [2.24, 2.45) is 10.2 Å². The summed E-state index contributed by atoms with van der Waals surface area (Å²) in [5, 5.41) is 12.1. The normalized spacial score (nSPS) is 11.3. The molecule has 0 aliphatic carbocycles. The zero-order chi connectivity index (χ0) is 21.1. The molecule has 0 amide bonds. The molecule has 0 atom stereocenters. The van der Waals surface area contributed by atoms with Crippen LogP contribution >= 0.6 is 11.3 Å². The van der Waals surface area contributed by atoms with Crippen molar-refractivity contribution in [1.82, 2.24) is 14.8 Å². The van der Waals surface area contributed by atoms with Crippen LogP contribution in [0.25, 0.3) is 16.4 Å². The first-order valence-electron chi connectivity index (χ1n) is 9.57. The van der Waals surface area contributed by atoms with Crippen molar-refractivity contribution in [2.75, 3.05) is 6.61 Å². The first-order valence-corrected chi connectivity index (χ1v) is 10.4. The minimum Gasteiger partial charge on any atom is -0.492 e. The van der Waals surface area contributed by atoms with E-state index in [1.165, 1.54) is 16.0 Å². The number of nitrogens with zero attached hydrogens (tertiary/aromatic N) is 4. The number of azo groups is 1. The molecule has 4 rings (SSSR count). The van der Waals surface area contributed by atoms with Crippen LogP contribution in [-0.2, 0) is 0 Å². The number of hydrogen-bond acceptors (Lipinski definition) is 6. The number of para-hydroxylation sites is 1. The second kappa shape index (κ2) is 8.46. The first-order chi connectivity index (χ1) is 14.6. The smallest absolute Gasteiger partial charge is 0.301 e. The van der Waals surface area contributed by atoms with E-state index in [2.05, 4.69) is 20.3 Å². The Kier molecular flexibility index (Phi) is 5.58. The summed E-state index contributed by atoms with van der Waals surface area (Å²) in [6, 6.07) is 17.2. The minimum absolute atomic E-state index is 0.246. The maximum absolute atomic E-state index is 13.0. The second-order valence-electron chi connectivity index (χ2n) is 6.59. The number of H-pyrrole nitrogens is 1. The lowest BCUT2D eigenvalue weighted by Gasteiger charge is -2.04. The molecule has 30 heavy (non-hydrogen) atoms. The average Bonchev–Trinajstić information content (AvgIpc) is 3.27. The minimum atomic E-state index is -0.293. The Balaban J connectivity index is 1.70. The predicted molar refractivity (Wildman–Crippen MR) is 119 cm³/mol. The van der Waals surface area contributed by atoms with Gasteiger partial charge in [0.15, 0.2) is 5.69 Å². The zero-order valence-corrected chi connectivity index (χ0v) is 17.7. The summed E-state index contributed by atoms with van der Waals surface area (Å²) in [6.45, 7) is 6.22. The number of thiazole rings is 1. The highest BCUT2D eigenvalue weighted by molar-refractivity contribution is 7.14. The summed E-state index contributed by atoms with van der Waals surface area (Å²) in [5.41, 5.74) is 3.02. The van der Waals surface area contributed by atoms with E-state index in [9.17, 15) is 4.79 Å². The van der Waals surface area contributed by atoms with Crippen LogP contribution < -0.4 is 10.3 Å². The molecule has 0 radical (unpaired) electrons. The standard InChI is InChI=1S/C22H21N5O2S/c1-4-29-18-13-9-8-12-17(18)24-25-19-14(2)26-27(21(19)28)22-23-20(15(3)30-22)16-10-6-5-7-11-16/h5-13,26H,4H2,1-3H3. The van der Waals surface area contributed by atoms with Gasteiger partial charge < -0.3 is 4.74 Å². The molecule has 1 N–H and O–H groups in total. The molecular weight excluding hydrogens is 398 g/mol. The molecule has 0 unspecified atom stereocenters. The number of nitrogens with one attached hydrogen (secondary N) is 1. The summed E-state index contributed by atoms with van der Waals surface area (Å²) < 4.78 is 6.98. The fourth-order valence-electron chi connectivity index (χ4n) is 3.05. The van der Waals surface area contributed by atoms with E-state index in [1.807, 2.05) is 62.4 Å². The quantitative estimate of drug-likeness (QED) is 0.406. The van der Waals surface area contributed by atoms with E-state index in [1.54, 1.807) is 13.0 Å². The maximum atomic E-state index is 13.0. The fraction of sp³-hybridized carbons (Fsp3) is 0.182. The second-order valence-corrected chi connectivity index (χ2v) is 7.78. The van der Waals surface area contributed by atoms with E-state index < -0.39 is 0 Å². The van der Waals surface area contributed by atoms with E-state index in [0.717, 1.165) is 16.1 Å². The zero-order valence-electron chi connectivity index (χ0n) is 16.9. The molecule has 7 nitrogen and oxygen atoms in total. The molecule has 0 saturated carbocycles. The molecule has 4 aromatic rings. The molecule has 0 aliphatic rings. The van der Waals surface area contributed by atoms with Crippen molar-refractivity contribution in [3.05, 3.63) is 75.5 Å². The number of aromatic amines is 1. The molecule has 2 aromatic carbocycles. The van der Waals surface area contributed by atoms with Gasteiger partial charge in [-0.25, -0.2) is 4.98 Å². The van der Waals surface area contributed by atoms with Crippen LogP contribution in [0.4, 0.5) is 11.4 Å². The number of hydrogen-bond donors (Lipinski definition) is 1. The van der Waals surface area contributed by atoms with Crippen LogP contribution in [0.2, 0.25) is 0 Å². The van der Waals surface area contributed by atoms with Gasteiger partial charge in [0.1, 0.15) is 11.4 Å². The molecule has 0 saturated heterocycles. The van der Waals surface area contributed by atoms with E-state index >= 15 is 0 Å². The van der Waals surface area contributed by atoms with Crippen molar-refractivity contribution in [2.45, 2.75) is 20.8 Å². The van der Waals surface area contributed by atoms with Crippen molar-refractivity contribution < 1.29 is 4.74 Å². The van der Waals surface area contributed by atoms with Gasteiger partial charge in [0, 0.05) is 10.4 Å². The highest BCUT2D eigenvalue weighted by Gasteiger charge is 2.17. The number of aryl methyl sites for hydroxylation is 2. The number of rotatable bonds is 6. The molecular formula is C22H21N5O2S. The van der Waals surface area contributed by atoms with Gasteiger partial charge in [0.2, 0.25) is 5.13 Å². The van der Waals surface area contributed by atoms with Gasteiger partial charge in [-0.1, -0.05) is 53.8 Å². The molecule has 0 fully saturated rings. The van der Waals surface area contributed by atoms with E-state index in [0.29, 0.717) is 28.9 Å². The predicted octanol–water partition coefficient (Wildman–Crippen LogP) is 5.72. The lowest BCUT2D eigenvalue weighted by Crippen LogP contribution is -2.13. The first kappa shape index (κ1) is 19.8. The number of benzene rings is 2. The lowest BCUT2D eigenvalue weighted by atomic mass is 10.1. The summed E-state index contributed by atoms with van der Waals surface area (Å²) in [6.07, 6.45) is 0. The Morgan fingerprint density at radius 1 is 1.07 bits per heavy atom. The number of aromatic nitrogens is 3. The summed E-state index contributed by atoms with van der Waals surface area (Å²) in [4.78, 5) is 18.7. The van der Waals surface area contributed by atoms with Crippen LogP contribution in [-0.4, -0.2) is 21.4 Å². The van der Waals surface area contributed by atoms with Gasteiger partial charge in [-0.3, -0.25) is 9.89 Å². The molecule has 0 spiro atoms. The van der Waals surface area contributed by atoms with Crippen molar-refractivity contribution in [3.63, 3.8) is 0 Å². The fourth-order valence-corrected chi connectivity index (χ4v) is 3.94.